The molecule has 1 N–H and O–H groups in total. The number of ketones is 1. The molecule has 0 aromatic heterocycles. The molecule has 1 aliphatic carbocycles. The zero-order valence-electron chi connectivity index (χ0n) is 17.4. The van der Waals surface area contributed by atoms with Crippen molar-refractivity contribution in [1.82, 2.24) is 5.32 Å². The maximum absolute atomic E-state index is 13.2. The number of benzene rings is 1. The summed E-state index contributed by atoms with van der Waals surface area (Å²) in [5.74, 6) is -2.32. The van der Waals surface area contributed by atoms with Crippen LogP contribution in [0.15, 0.2) is 42.7 Å². The predicted octanol–water partition coefficient (Wildman–Crippen LogP) is 2.28. The highest BCUT2D eigenvalue weighted by molar-refractivity contribution is 6.70. The molecule has 1 aliphatic heterocycles. The fourth-order valence-corrected chi connectivity index (χ4v) is 6.06. The van der Waals surface area contributed by atoms with E-state index in [4.69, 9.17) is 13.9 Å². The molecule has 1 amide bonds. The van der Waals surface area contributed by atoms with Crippen molar-refractivity contribution in [1.29, 1.82) is 0 Å². The minimum Gasteiger partial charge on any atom is -0.505 e. The van der Waals surface area contributed by atoms with Gasteiger partial charge in [0.25, 0.3) is 5.91 Å². The number of methoxy groups -OCH3 is 1. The van der Waals surface area contributed by atoms with Gasteiger partial charge in [-0.25, -0.2) is 0 Å². The number of amides is 1. The molecule has 7 nitrogen and oxygen atoms in total. The van der Waals surface area contributed by atoms with Crippen LogP contribution in [-0.2, 0) is 33.8 Å². The molecule has 8 heteroatoms. The molecule has 29 heavy (non-hydrogen) atoms. The van der Waals surface area contributed by atoms with Crippen molar-refractivity contribution >= 4 is 26.0 Å². The highest BCUT2D eigenvalue weighted by Crippen LogP contribution is 2.68. The van der Waals surface area contributed by atoms with Gasteiger partial charge < -0.3 is 19.2 Å². The zero-order chi connectivity index (χ0) is 21.5. The van der Waals surface area contributed by atoms with E-state index >= 15 is 0 Å². The van der Waals surface area contributed by atoms with Crippen molar-refractivity contribution in [3.63, 3.8) is 0 Å². The zero-order valence-corrected chi connectivity index (χ0v) is 18.4. The Hall–Kier alpha value is -2.45. The van der Waals surface area contributed by atoms with Crippen LogP contribution < -0.4 is 5.32 Å². The molecule has 3 rings (SSSR count). The third kappa shape index (κ3) is 2.85. The average molecular weight is 418 g/mol. The Labute approximate surface area is 171 Å². The summed E-state index contributed by atoms with van der Waals surface area (Å²) in [4.78, 5) is 38.9. The maximum Gasteiger partial charge on any atom is 0.323 e. The van der Waals surface area contributed by atoms with E-state index in [-0.39, 0.29) is 13.0 Å². The topological polar surface area (TPSA) is 90.9 Å². The molecular weight excluding hydrogens is 390 g/mol. The Bertz CT molecular complexity index is 864. The van der Waals surface area contributed by atoms with Crippen molar-refractivity contribution in [3.05, 3.63) is 48.2 Å². The monoisotopic (exact) mass is 417 g/mol. The fourth-order valence-electron chi connectivity index (χ4n) is 4.68. The molecule has 1 heterocycles. The molecule has 156 valence electrons. The maximum atomic E-state index is 13.2. The van der Waals surface area contributed by atoms with Crippen LogP contribution in [0.4, 0.5) is 0 Å². The summed E-state index contributed by atoms with van der Waals surface area (Å²) in [6.45, 7) is 7.80. The predicted molar refractivity (Wildman–Crippen MR) is 108 cm³/mol. The van der Waals surface area contributed by atoms with E-state index in [2.05, 4.69) is 5.32 Å². The van der Waals surface area contributed by atoms with Gasteiger partial charge in [-0.2, -0.15) is 0 Å². The third-order valence-electron chi connectivity index (χ3n) is 5.49. The Balaban J connectivity index is 2.33. The molecule has 2 fully saturated rings. The van der Waals surface area contributed by atoms with E-state index in [1.54, 1.807) is 37.3 Å². The van der Waals surface area contributed by atoms with Crippen LogP contribution in [0.2, 0.25) is 19.6 Å². The summed E-state index contributed by atoms with van der Waals surface area (Å²) in [5.41, 5.74) is -3.64. The number of fused-ring (bicyclic) bond motifs is 1. The minimum absolute atomic E-state index is 0.00453. The molecule has 0 radical (unpaired) electrons. The molecule has 1 aromatic carbocycles. The molecule has 1 saturated carbocycles. The van der Waals surface area contributed by atoms with Crippen molar-refractivity contribution in [2.75, 3.05) is 13.7 Å². The minimum atomic E-state index is -2.20. The first-order valence-corrected chi connectivity index (χ1v) is 13.0. The molecule has 1 saturated heterocycles. The van der Waals surface area contributed by atoms with Gasteiger partial charge in [0.05, 0.1) is 20.0 Å². The van der Waals surface area contributed by atoms with Crippen LogP contribution in [0, 0.1) is 5.41 Å². The molecule has 2 aliphatic rings. The summed E-state index contributed by atoms with van der Waals surface area (Å²) < 4.78 is 17.0. The Morgan fingerprint density at radius 3 is 2.41 bits per heavy atom. The van der Waals surface area contributed by atoms with Crippen LogP contribution >= 0.6 is 0 Å². The molecule has 0 unspecified atom stereocenters. The van der Waals surface area contributed by atoms with E-state index in [1.807, 2.05) is 25.7 Å². The largest absolute Gasteiger partial charge is 0.505 e. The van der Waals surface area contributed by atoms with Crippen molar-refractivity contribution < 1.29 is 28.3 Å². The molecule has 3 atom stereocenters. The Kier molecular flexibility index (Phi) is 5.21. The number of nitrogens with one attached hydrogen (secondary N) is 1. The summed E-state index contributed by atoms with van der Waals surface area (Å²) in [5, 5.41) is 2.84. The number of hydrogen-bond acceptors (Lipinski definition) is 6. The summed E-state index contributed by atoms with van der Waals surface area (Å²) >= 11 is 0. The number of rotatable bonds is 7. The summed E-state index contributed by atoms with van der Waals surface area (Å²) in [6.07, 6.45) is 3.17. The number of esters is 1. The van der Waals surface area contributed by atoms with Gasteiger partial charge in [-0.3, -0.25) is 14.4 Å². The summed E-state index contributed by atoms with van der Waals surface area (Å²) in [7, 11) is -0.700. The quantitative estimate of drug-likeness (QED) is 0.241. The number of carbonyl (C=O) groups excluding carboxylic acids is 3. The van der Waals surface area contributed by atoms with Gasteiger partial charge in [-0.05, 0) is 38.2 Å². The van der Waals surface area contributed by atoms with Crippen LogP contribution in [0.25, 0.3) is 0 Å². The number of carbonyl (C=O) groups is 3. The molecular formula is C21H27NO6Si. The second-order valence-electron chi connectivity index (χ2n) is 8.34. The van der Waals surface area contributed by atoms with E-state index in [0.717, 1.165) is 0 Å². The lowest BCUT2D eigenvalue weighted by atomic mass is 9.44. The highest BCUT2D eigenvalue weighted by atomic mass is 28.4. The number of Topliss-reactive ketones (excluding diaryl/α,β-unsaturated/α-hetero) is 1. The second-order valence-corrected chi connectivity index (χ2v) is 12.8. The van der Waals surface area contributed by atoms with Gasteiger partial charge in [0.2, 0.25) is 5.78 Å². The Morgan fingerprint density at radius 2 is 1.86 bits per heavy atom. The van der Waals surface area contributed by atoms with Gasteiger partial charge in [0.15, 0.2) is 13.7 Å². The first-order valence-electron chi connectivity index (χ1n) is 9.60. The normalized spacial score (nSPS) is 31.2. The lowest BCUT2D eigenvalue weighted by Gasteiger charge is -2.64. The van der Waals surface area contributed by atoms with Crippen molar-refractivity contribution in [2.24, 2.45) is 5.41 Å². The molecule has 1 aromatic rings. The van der Waals surface area contributed by atoms with Crippen LogP contribution in [0.3, 0.4) is 0 Å². The SMILES string of the molecule is CCOC(=O)[C@@]12C[C@](/C=C/OC)(O[Si](C)(C)C)[C@]1(c1ccccc1)NC(=O)C2=O. The van der Waals surface area contributed by atoms with E-state index in [0.29, 0.717) is 5.56 Å². The first kappa shape index (κ1) is 21.3. The lowest BCUT2D eigenvalue weighted by Crippen LogP contribution is -2.80. The molecule has 0 bridgehead atoms. The second kappa shape index (κ2) is 7.10. The van der Waals surface area contributed by atoms with Crippen molar-refractivity contribution in [3.8, 4) is 0 Å². The van der Waals surface area contributed by atoms with E-state index in [1.165, 1.54) is 13.4 Å². The van der Waals surface area contributed by atoms with Gasteiger partial charge in [0.1, 0.15) is 11.1 Å². The third-order valence-corrected chi connectivity index (χ3v) is 6.47. The van der Waals surface area contributed by atoms with Crippen LogP contribution in [0.5, 0.6) is 0 Å². The first-order chi connectivity index (χ1) is 13.6. The summed E-state index contributed by atoms with van der Waals surface area (Å²) in [6, 6.07) is 9.00. The van der Waals surface area contributed by atoms with Gasteiger partial charge in [-0.1, -0.05) is 30.3 Å². The standard InChI is InChI=1S/C21H27NO6Si/c1-6-27-18(25)20-14-19(12-13-26-2,28-29(3,4)5)21(20,22-17(24)16(20)23)15-10-8-7-9-11-15/h7-13H,6,14H2,1-5H3,(H,22,24)/b13-12+/t19-,20-,21-/m0/s1. The van der Waals surface area contributed by atoms with Crippen LogP contribution in [-0.4, -0.2) is 45.3 Å². The lowest BCUT2D eigenvalue weighted by molar-refractivity contribution is -0.205. The van der Waals surface area contributed by atoms with Crippen LogP contribution in [0.1, 0.15) is 18.9 Å². The number of ether oxygens (including phenoxy) is 2. The average Bonchev–Trinajstić information content (AvgIpc) is 2.85. The fraction of sp³-hybridized carbons (Fsp3) is 0.476. The van der Waals surface area contributed by atoms with Gasteiger partial charge >= 0.3 is 5.97 Å². The van der Waals surface area contributed by atoms with Crippen molar-refractivity contribution in [2.45, 2.75) is 44.1 Å². The van der Waals surface area contributed by atoms with Gasteiger partial charge in [-0.15, -0.1) is 0 Å². The molecule has 0 spiro atoms. The highest BCUT2D eigenvalue weighted by Gasteiger charge is 2.86. The number of hydrogen-bond donors (Lipinski definition) is 1. The van der Waals surface area contributed by atoms with Gasteiger partial charge in [0, 0.05) is 6.42 Å². The smallest absolute Gasteiger partial charge is 0.323 e. The Morgan fingerprint density at radius 1 is 1.21 bits per heavy atom. The van der Waals surface area contributed by atoms with E-state index < -0.39 is 42.5 Å². The van der Waals surface area contributed by atoms with E-state index in [9.17, 15) is 14.4 Å².